The van der Waals surface area contributed by atoms with Crippen LogP contribution in [0.4, 0.5) is 0 Å². The van der Waals surface area contributed by atoms with Gasteiger partial charge in [0.2, 0.25) is 0 Å². The van der Waals surface area contributed by atoms with E-state index in [-0.39, 0.29) is 16.2 Å². The van der Waals surface area contributed by atoms with Gasteiger partial charge in [0.1, 0.15) is 8.07 Å². The fraction of sp³-hybridized carbons (Fsp3) is 0.375. The quantitative estimate of drug-likeness (QED) is 0.0564. The van der Waals surface area contributed by atoms with Gasteiger partial charge in [0.05, 0.1) is 22.8 Å². The molecule has 5 heteroatoms. The van der Waals surface area contributed by atoms with E-state index in [4.69, 9.17) is 9.97 Å². The van der Waals surface area contributed by atoms with Gasteiger partial charge in [-0.2, -0.15) is 0 Å². The predicted octanol–water partition coefficient (Wildman–Crippen LogP) is 20.6. The third kappa shape index (κ3) is 11.3. The van der Waals surface area contributed by atoms with Crippen LogP contribution in [-0.4, -0.2) is 28.0 Å². The summed E-state index contributed by atoms with van der Waals surface area (Å²) in [5.41, 5.74) is 30.0. The predicted molar refractivity (Wildman–Crippen MR) is 359 cm³/mol. The summed E-state index contributed by atoms with van der Waals surface area (Å²) in [5.74, 6) is 18.4. The van der Waals surface area contributed by atoms with Crippen molar-refractivity contribution in [1.29, 1.82) is 0 Å². The molecule has 0 saturated heterocycles. The van der Waals surface area contributed by atoms with Crippen molar-refractivity contribution >= 4 is 8.07 Å². The summed E-state index contributed by atoms with van der Waals surface area (Å²) >= 11 is 0. The van der Waals surface area contributed by atoms with Crippen molar-refractivity contribution in [3.63, 3.8) is 0 Å². The maximum atomic E-state index is 4.83. The molecule has 0 N–H and O–H groups in total. The minimum atomic E-state index is -1.68. The van der Waals surface area contributed by atoms with Gasteiger partial charge in [-0.05, 0) is 190 Å². The normalized spacial score (nSPS) is 14.1. The Morgan fingerprint density at radius 3 is 0.929 bits per heavy atom. The Labute approximate surface area is 510 Å². The van der Waals surface area contributed by atoms with Gasteiger partial charge >= 0.3 is 0 Å². The number of nitrogens with zero attached hydrogens (tertiary/aromatic N) is 4. The summed E-state index contributed by atoms with van der Waals surface area (Å²) < 4.78 is 0. The second-order valence-corrected chi connectivity index (χ2v) is 30.4. The lowest BCUT2D eigenvalue weighted by Crippen LogP contribution is -2.31. The molecule has 0 spiro atoms. The highest BCUT2D eigenvalue weighted by Crippen LogP contribution is 2.71. The summed E-state index contributed by atoms with van der Waals surface area (Å²) in [4.78, 5) is 18.8. The number of hydrogen-bond acceptors (Lipinski definition) is 4. The zero-order chi connectivity index (χ0) is 59.2. The Balaban J connectivity index is 1.22. The molecule has 11 rings (SSSR count). The number of benzene rings is 4. The van der Waals surface area contributed by atoms with Crippen LogP contribution in [0.3, 0.4) is 0 Å². The fourth-order valence-electron chi connectivity index (χ4n) is 14.7. The molecule has 3 aliphatic rings. The summed E-state index contributed by atoms with van der Waals surface area (Å²) in [6.45, 7) is 21.5. The van der Waals surface area contributed by atoms with Crippen LogP contribution in [-0.2, 0) is 16.2 Å². The van der Waals surface area contributed by atoms with E-state index in [2.05, 4.69) is 173 Å². The molecule has 0 saturated carbocycles. The van der Waals surface area contributed by atoms with Gasteiger partial charge in [-0.25, -0.2) is 0 Å². The summed E-state index contributed by atoms with van der Waals surface area (Å²) in [7, 11) is -1.68. The van der Waals surface area contributed by atoms with Crippen LogP contribution in [0, 0.1) is 35.1 Å². The van der Waals surface area contributed by atoms with Crippen molar-refractivity contribution in [2.45, 2.75) is 193 Å². The van der Waals surface area contributed by atoms with Crippen LogP contribution in [0.5, 0.6) is 0 Å². The molecule has 430 valence electrons. The van der Waals surface area contributed by atoms with E-state index in [0.29, 0.717) is 0 Å². The molecule has 0 fully saturated rings. The van der Waals surface area contributed by atoms with Crippen molar-refractivity contribution < 1.29 is 0 Å². The minimum absolute atomic E-state index is 0.199. The lowest BCUT2D eigenvalue weighted by atomic mass is 9.63. The van der Waals surface area contributed by atoms with Gasteiger partial charge in [-0.1, -0.05) is 198 Å². The molecule has 85 heavy (non-hydrogen) atoms. The van der Waals surface area contributed by atoms with E-state index in [1.54, 1.807) is 27.8 Å². The molecule has 0 atom stereocenters. The second kappa shape index (κ2) is 25.5. The van der Waals surface area contributed by atoms with Crippen molar-refractivity contribution in [2.24, 2.45) is 0 Å². The lowest BCUT2D eigenvalue weighted by Gasteiger charge is -2.39. The van der Waals surface area contributed by atoms with Crippen LogP contribution in [0.25, 0.3) is 56.2 Å². The van der Waals surface area contributed by atoms with Crippen molar-refractivity contribution in [3.8, 4) is 91.3 Å². The molecule has 4 aromatic carbocycles. The van der Waals surface area contributed by atoms with E-state index < -0.39 is 8.07 Å². The standard InChI is InChI=1S/C80H86N4Si/c1-10-16-43-78(44-17-11-2)66-53-58(29-31-61-36-41-71(84-56-61)69-27-23-25-50-82-69)33-38-63(66)73-75(78)72-62-37-32-57(28-30-60-35-40-70(83-55-60)68-26-22-24-49-81-68)52-65(62)79(45-18-12-3,46-19-13-4)76(72)74-64-39-34-59(42-51-85(7,8)9)54-67(64)80(77(73)74,47-20-14-5)48-21-15-6/h22-27,32-41,49-50,52-56H,10-21,43-48H2,1-9H3. The average Bonchev–Trinajstić information content (AvgIpc) is 1.49. The average molecular weight is 1130 g/mol. The molecule has 4 nitrogen and oxygen atoms in total. The first kappa shape index (κ1) is 59.1. The van der Waals surface area contributed by atoms with E-state index in [1.807, 2.05) is 73.3 Å². The number of rotatable bonds is 20. The second-order valence-electron chi connectivity index (χ2n) is 25.7. The van der Waals surface area contributed by atoms with Crippen molar-refractivity contribution in [1.82, 2.24) is 19.9 Å². The first-order valence-corrected chi connectivity index (χ1v) is 36.0. The number of pyridine rings is 4. The van der Waals surface area contributed by atoms with Crippen LogP contribution in [0.2, 0.25) is 19.6 Å². The Hall–Kier alpha value is -7.62. The van der Waals surface area contributed by atoms with Crippen LogP contribution < -0.4 is 0 Å². The smallest absolute Gasteiger partial charge is 0.129 e. The van der Waals surface area contributed by atoms with E-state index in [1.165, 1.54) is 44.5 Å². The highest BCUT2D eigenvalue weighted by Gasteiger charge is 2.57. The molecule has 0 unspecified atom stereocenters. The fourth-order valence-corrected chi connectivity index (χ4v) is 15.2. The zero-order valence-electron chi connectivity index (χ0n) is 52.3. The number of hydrogen-bond donors (Lipinski definition) is 0. The first-order chi connectivity index (χ1) is 41.5. The maximum Gasteiger partial charge on any atom is 0.129 e. The van der Waals surface area contributed by atoms with E-state index in [9.17, 15) is 0 Å². The summed E-state index contributed by atoms with van der Waals surface area (Å²) in [5, 5.41) is 0. The van der Waals surface area contributed by atoms with E-state index in [0.717, 1.165) is 161 Å². The largest absolute Gasteiger partial charge is 0.255 e. The lowest BCUT2D eigenvalue weighted by molar-refractivity contribution is 0.401. The number of fused-ring (bicyclic) bond motifs is 12. The highest BCUT2D eigenvalue weighted by atomic mass is 28.3. The topological polar surface area (TPSA) is 51.6 Å². The van der Waals surface area contributed by atoms with Gasteiger partial charge in [-0.3, -0.25) is 19.9 Å². The third-order valence-electron chi connectivity index (χ3n) is 18.8. The monoisotopic (exact) mass is 1130 g/mol. The Kier molecular flexibility index (Phi) is 17.8. The Morgan fingerprint density at radius 1 is 0.341 bits per heavy atom. The van der Waals surface area contributed by atoms with Crippen LogP contribution in [0.1, 0.15) is 218 Å². The Bertz CT molecular complexity index is 3770. The van der Waals surface area contributed by atoms with Crippen molar-refractivity contribution in [3.05, 3.63) is 201 Å². The number of aromatic nitrogens is 4. The zero-order valence-corrected chi connectivity index (χ0v) is 53.3. The van der Waals surface area contributed by atoms with Crippen LogP contribution >= 0.6 is 0 Å². The molecule has 0 bridgehead atoms. The van der Waals surface area contributed by atoms with Gasteiger partial charge in [0, 0.05) is 68.8 Å². The summed E-state index contributed by atoms with van der Waals surface area (Å²) in [6.07, 6.45) is 27.8. The van der Waals surface area contributed by atoms with Gasteiger partial charge in [-0.15, -0.1) is 5.54 Å². The molecule has 8 aromatic rings. The first-order valence-electron chi connectivity index (χ1n) is 32.5. The molecule has 3 aliphatic carbocycles. The third-order valence-corrected chi connectivity index (χ3v) is 19.6. The molecule has 0 aliphatic heterocycles. The van der Waals surface area contributed by atoms with Crippen LogP contribution in [0.15, 0.2) is 140 Å². The molecular weight excluding hydrogens is 1040 g/mol. The molecule has 4 heterocycles. The Morgan fingerprint density at radius 2 is 0.647 bits per heavy atom. The van der Waals surface area contributed by atoms with Gasteiger partial charge in [0.15, 0.2) is 0 Å². The van der Waals surface area contributed by atoms with E-state index >= 15 is 0 Å². The molecule has 0 amide bonds. The van der Waals surface area contributed by atoms with Crippen molar-refractivity contribution in [2.75, 3.05) is 0 Å². The minimum Gasteiger partial charge on any atom is -0.255 e. The maximum absolute atomic E-state index is 4.83. The van der Waals surface area contributed by atoms with Gasteiger partial charge in [0.25, 0.3) is 0 Å². The summed E-state index contributed by atoms with van der Waals surface area (Å²) in [6, 6.07) is 42.6. The SMILES string of the molecule is CCCCC1(CCCC)c2cc(C#Cc3ccc(-c4ccccn4)nc3)ccc2-c2c1c1c(c3c2C(CCCC)(CCCC)c2cc(C#C[Si](C)(C)C)ccc2-3)C(CCCC)(CCCC)c2cc(C#Cc3ccc(-c4ccccn4)nc3)ccc2-1. The highest BCUT2D eigenvalue weighted by molar-refractivity contribution is 6.83. The van der Waals surface area contributed by atoms with Gasteiger partial charge < -0.3 is 0 Å². The molecular formula is C80H86N4Si. The molecule has 0 radical (unpaired) electrons. The number of unbranched alkanes of at least 4 members (excludes halogenated alkanes) is 6. The molecule has 4 aromatic heterocycles.